The van der Waals surface area contributed by atoms with Crippen LogP contribution in [0.3, 0.4) is 0 Å². The number of hydrogen-bond acceptors (Lipinski definition) is 2. The minimum Gasteiger partial charge on any atom is -0.398 e. The molecule has 2 nitrogen and oxygen atoms in total. The fourth-order valence-electron chi connectivity index (χ4n) is 6.16. The average molecular weight is 436 g/mol. The van der Waals surface area contributed by atoms with Crippen LogP contribution in [0.4, 0.5) is 5.69 Å². The molecular formula is C29H26NOP. The molecular weight excluding hydrogens is 409 g/mol. The van der Waals surface area contributed by atoms with Gasteiger partial charge in [-0.2, -0.15) is 0 Å². The van der Waals surface area contributed by atoms with Gasteiger partial charge in [-0.25, -0.2) is 0 Å². The van der Waals surface area contributed by atoms with Crippen molar-refractivity contribution in [3.8, 4) is 11.1 Å². The Morgan fingerprint density at radius 2 is 1.28 bits per heavy atom. The molecule has 32 heavy (non-hydrogen) atoms. The Balaban J connectivity index is 1.89. The summed E-state index contributed by atoms with van der Waals surface area (Å²) in [5.41, 5.74) is 15.3. The summed E-state index contributed by atoms with van der Waals surface area (Å²) in [6.07, 6.45) is 1.39. The van der Waals surface area contributed by atoms with Crippen molar-refractivity contribution in [3.05, 3.63) is 113 Å². The molecule has 1 unspecified atom stereocenters. The molecule has 4 aromatic rings. The summed E-state index contributed by atoms with van der Waals surface area (Å²) in [4.78, 5) is 0. The van der Waals surface area contributed by atoms with E-state index in [1.807, 2.05) is 13.0 Å². The van der Waals surface area contributed by atoms with Crippen molar-refractivity contribution in [3.63, 3.8) is 0 Å². The summed E-state index contributed by atoms with van der Waals surface area (Å²) in [7, 11) is -2.88. The van der Waals surface area contributed by atoms with E-state index in [2.05, 4.69) is 85.8 Å². The molecule has 1 atom stereocenters. The number of aryl methyl sites for hydroxylation is 1. The Morgan fingerprint density at radius 1 is 0.719 bits per heavy atom. The quantitative estimate of drug-likeness (QED) is 0.280. The van der Waals surface area contributed by atoms with Crippen molar-refractivity contribution in [1.29, 1.82) is 0 Å². The van der Waals surface area contributed by atoms with E-state index in [9.17, 15) is 4.57 Å². The van der Waals surface area contributed by atoms with Crippen LogP contribution in [-0.4, -0.2) is 6.16 Å². The lowest BCUT2D eigenvalue weighted by atomic mass is 9.67. The van der Waals surface area contributed by atoms with Crippen molar-refractivity contribution >= 4 is 23.4 Å². The van der Waals surface area contributed by atoms with Crippen molar-refractivity contribution in [2.24, 2.45) is 0 Å². The molecule has 0 fully saturated rings. The number of hydrogen-bond donors (Lipinski definition) is 1. The van der Waals surface area contributed by atoms with Gasteiger partial charge in [0, 0.05) is 22.5 Å². The summed E-state index contributed by atoms with van der Waals surface area (Å²) in [6, 6.07) is 30.1. The molecule has 0 radical (unpaired) electrons. The SMILES string of the molecule is CCc1ccc2c(c1N)P(=O)(CC)c1ccccc1C21c2ccccc2-c2ccccc21. The largest absolute Gasteiger partial charge is 0.398 e. The summed E-state index contributed by atoms with van der Waals surface area (Å²) in [5.74, 6) is 0. The summed E-state index contributed by atoms with van der Waals surface area (Å²) >= 11 is 0. The molecule has 6 rings (SSSR count). The molecule has 1 spiro atoms. The number of nitrogen functional groups attached to an aromatic ring is 1. The highest BCUT2D eigenvalue weighted by molar-refractivity contribution is 7.79. The zero-order valence-electron chi connectivity index (χ0n) is 18.4. The molecule has 0 amide bonds. The van der Waals surface area contributed by atoms with Gasteiger partial charge in [0.25, 0.3) is 0 Å². The lowest BCUT2D eigenvalue weighted by molar-refractivity contribution is 0.585. The third-order valence-electron chi connectivity index (χ3n) is 7.55. The Bertz CT molecular complexity index is 1410. The highest BCUT2D eigenvalue weighted by atomic mass is 31.2. The second-order valence-electron chi connectivity index (χ2n) is 8.80. The van der Waals surface area contributed by atoms with Gasteiger partial charge in [0.1, 0.15) is 7.14 Å². The highest BCUT2D eigenvalue weighted by Crippen LogP contribution is 2.62. The first kappa shape index (κ1) is 19.6. The van der Waals surface area contributed by atoms with Gasteiger partial charge >= 0.3 is 0 Å². The molecule has 0 aromatic heterocycles. The number of rotatable bonds is 2. The molecule has 1 aliphatic heterocycles. The lowest BCUT2D eigenvalue weighted by Crippen LogP contribution is -2.45. The smallest absolute Gasteiger partial charge is 0.145 e. The van der Waals surface area contributed by atoms with E-state index in [0.29, 0.717) is 11.8 Å². The van der Waals surface area contributed by atoms with Gasteiger partial charge < -0.3 is 10.3 Å². The van der Waals surface area contributed by atoms with Gasteiger partial charge in [-0.05, 0) is 45.4 Å². The molecule has 0 bridgehead atoms. The molecule has 158 valence electrons. The van der Waals surface area contributed by atoms with E-state index in [0.717, 1.165) is 33.7 Å². The van der Waals surface area contributed by atoms with Crippen LogP contribution in [-0.2, 0) is 16.4 Å². The number of benzene rings is 4. The van der Waals surface area contributed by atoms with Crippen LogP contribution in [0.25, 0.3) is 11.1 Å². The number of nitrogens with two attached hydrogens (primary N) is 1. The molecule has 0 saturated carbocycles. The van der Waals surface area contributed by atoms with E-state index in [1.165, 1.54) is 22.3 Å². The molecule has 2 aliphatic rings. The zero-order valence-corrected chi connectivity index (χ0v) is 19.3. The lowest BCUT2D eigenvalue weighted by Gasteiger charge is -2.43. The molecule has 1 heterocycles. The Hall–Kier alpha value is -3.09. The number of fused-ring (bicyclic) bond motifs is 9. The van der Waals surface area contributed by atoms with Crippen LogP contribution in [0.5, 0.6) is 0 Å². The van der Waals surface area contributed by atoms with Crippen LogP contribution in [0.15, 0.2) is 84.9 Å². The van der Waals surface area contributed by atoms with Crippen LogP contribution < -0.4 is 16.3 Å². The average Bonchev–Trinajstić information content (AvgIpc) is 3.14. The standard InChI is InChI=1S/C29H26NOP/c1-3-19-17-18-25-28(27(19)30)32(31,4-2)26-16-10-9-15-24(26)29(25)22-13-7-5-11-20(22)21-12-6-8-14-23(21)29/h5-18H,3-4,30H2,1-2H3. The summed E-state index contributed by atoms with van der Waals surface area (Å²) in [5, 5.41) is 1.84. The van der Waals surface area contributed by atoms with Crippen molar-refractivity contribution < 1.29 is 4.57 Å². The van der Waals surface area contributed by atoms with Crippen LogP contribution in [0.1, 0.15) is 41.7 Å². The van der Waals surface area contributed by atoms with Crippen molar-refractivity contribution in [2.75, 3.05) is 11.9 Å². The van der Waals surface area contributed by atoms with Gasteiger partial charge in [0.2, 0.25) is 0 Å². The van der Waals surface area contributed by atoms with Crippen molar-refractivity contribution in [2.45, 2.75) is 25.7 Å². The van der Waals surface area contributed by atoms with Gasteiger partial charge in [-0.3, -0.25) is 0 Å². The van der Waals surface area contributed by atoms with Gasteiger partial charge in [-0.15, -0.1) is 0 Å². The van der Waals surface area contributed by atoms with E-state index >= 15 is 0 Å². The van der Waals surface area contributed by atoms with Crippen LogP contribution >= 0.6 is 7.14 Å². The Morgan fingerprint density at radius 3 is 1.88 bits per heavy atom. The Labute approximate surface area is 189 Å². The monoisotopic (exact) mass is 435 g/mol. The number of anilines is 1. The fraction of sp³-hybridized carbons (Fsp3) is 0.172. The van der Waals surface area contributed by atoms with E-state index < -0.39 is 12.6 Å². The van der Waals surface area contributed by atoms with Crippen LogP contribution in [0, 0.1) is 0 Å². The second-order valence-corrected chi connectivity index (χ2v) is 11.8. The molecule has 0 saturated heterocycles. The minimum absolute atomic E-state index is 0.511. The summed E-state index contributed by atoms with van der Waals surface area (Å²) in [6.45, 7) is 4.15. The fourth-order valence-corrected chi connectivity index (χ4v) is 9.19. The Kier molecular flexibility index (Phi) is 4.10. The first-order valence-electron chi connectivity index (χ1n) is 11.4. The van der Waals surface area contributed by atoms with E-state index in [-0.39, 0.29) is 0 Å². The van der Waals surface area contributed by atoms with Crippen LogP contribution in [0.2, 0.25) is 0 Å². The zero-order chi connectivity index (χ0) is 22.1. The maximum absolute atomic E-state index is 14.8. The van der Waals surface area contributed by atoms with Gasteiger partial charge in [0.05, 0.1) is 5.41 Å². The van der Waals surface area contributed by atoms with Crippen molar-refractivity contribution in [1.82, 2.24) is 0 Å². The topological polar surface area (TPSA) is 43.1 Å². The maximum Gasteiger partial charge on any atom is 0.145 e. The molecule has 2 N–H and O–H groups in total. The second kappa shape index (κ2) is 6.70. The van der Waals surface area contributed by atoms with E-state index in [1.54, 1.807) is 0 Å². The predicted octanol–water partition coefficient (Wildman–Crippen LogP) is 5.84. The molecule has 1 aliphatic carbocycles. The normalized spacial score (nSPS) is 19.2. The highest BCUT2D eigenvalue weighted by Gasteiger charge is 2.54. The first-order chi connectivity index (χ1) is 15.6. The predicted molar refractivity (Wildman–Crippen MR) is 135 cm³/mol. The van der Waals surface area contributed by atoms with Gasteiger partial charge in [-0.1, -0.05) is 98.8 Å². The maximum atomic E-state index is 14.8. The van der Waals surface area contributed by atoms with E-state index in [4.69, 9.17) is 5.73 Å². The first-order valence-corrected chi connectivity index (χ1v) is 13.3. The van der Waals surface area contributed by atoms with Gasteiger partial charge in [0.15, 0.2) is 0 Å². The molecule has 3 heteroatoms. The third-order valence-corrected chi connectivity index (χ3v) is 10.8. The summed E-state index contributed by atoms with van der Waals surface area (Å²) < 4.78 is 14.8. The molecule has 4 aromatic carbocycles. The third kappa shape index (κ3) is 2.14. The minimum atomic E-state index is -2.88.